The summed E-state index contributed by atoms with van der Waals surface area (Å²) in [6, 6.07) is 3.54. The van der Waals surface area contributed by atoms with Crippen LogP contribution >= 0.6 is 11.3 Å². The van der Waals surface area contributed by atoms with E-state index in [1.165, 1.54) is 16.2 Å². The molecule has 1 saturated heterocycles. The number of carboxylic acid groups (broad SMARTS) is 1. The molecule has 2 aromatic rings. The van der Waals surface area contributed by atoms with Gasteiger partial charge in [0.2, 0.25) is 11.8 Å². The average Bonchev–Trinajstić information content (AvgIpc) is 3.50. The number of benzene rings is 1. The molecule has 288 valence electrons. The molecule has 15 nitrogen and oxygen atoms in total. The summed E-state index contributed by atoms with van der Waals surface area (Å²) in [6.45, 7) is 9.39. The van der Waals surface area contributed by atoms with Gasteiger partial charge in [-0.25, -0.2) is 14.2 Å². The fraction of sp³-hybridized carbons (Fsp3) is 0.629. The highest BCUT2D eigenvalue weighted by atomic mass is 32.1. The van der Waals surface area contributed by atoms with Gasteiger partial charge in [-0.05, 0) is 36.8 Å². The van der Waals surface area contributed by atoms with Crippen molar-refractivity contribution >= 4 is 35.2 Å². The molecule has 1 saturated carbocycles. The number of hydrogen-bond donors (Lipinski definition) is 5. The number of carbonyl (C=O) groups is 4. The molecule has 0 bridgehead atoms. The van der Waals surface area contributed by atoms with Crippen molar-refractivity contribution in [1.82, 2.24) is 25.8 Å². The van der Waals surface area contributed by atoms with E-state index < -0.39 is 53.1 Å². The Morgan fingerprint density at radius 2 is 1.69 bits per heavy atom. The van der Waals surface area contributed by atoms with Crippen molar-refractivity contribution < 1.29 is 52.7 Å². The van der Waals surface area contributed by atoms with Crippen molar-refractivity contribution in [3.8, 4) is 16.2 Å². The van der Waals surface area contributed by atoms with Gasteiger partial charge in [-0.3, -0.25) is 14.4 Å². The summed E-state index contributed by atoms with van der Waals surface area (Å²) in [5.41, 5.74) is 1.45. The van der Waals surface area contributed by atoms with Crippen LogP contribution < -0.4 is 20.7 Å². The Hall–Kier alpha value is -3.90. The number of thiazole rings is 1. The lowest BCUT2D eigenvalue weighted by Gasteiger charge is -2.35. The summed E-state index contributed by atoms with van der Waals surface area (Å²) in [7, 11) is 0. The smallest absolute Gasteiger partial charge is 0.404 e. The summed E-state index contributed by atoms with van der Waals surface area (Å²) in [6.07, 6.45) is -1.83. The molecule has 2 heterocycles. The molecule has 1 aliphatic carbocycles. The van der Waals surface area contributed by atoms with Crippen LogP contribution in [0.15, 0.2) is 23.7 Å². The van der Waals surface area contributed by atoms with Crippen LogP contribution in [0.4, 0.5) is 9.18 Å². The minimum absolute atomic E-state index is 0.0146. The van der Waals surface area contributed by atoms with Gasteiger partial charge in [0.25, 0.3) is 5.91 Å². The Bertz CT molecular complexity index is 1530. The quantitative estimate of drug-likeness (QED) is 0.125. The molecule has 0 unspecified atom stereocenters. The lowest BCUT2D eigenvalue weighted by Crippen LogP contribution is -2.59. The van der Waals surface area contributed by atoms with E-state index in [1.54, 1.807) is 26.3 Å². The second-order valence-corrected chi connectivity index (χ2v) is 14.7. The van der Waals surface area contributed by atoms with Crippen molar-refractivity contribution in [1.29, 1.82) is 0 Å². The van der Waals surface area contributed by atoms with Gasteiger partial charge in [0.1, 0.15) is 24.4 Å². The van der Waals surface area contributed by atoms with Crippen LogP contribution in [0, 0.1) is 12.3 Å². The van der Waals surface area contributed by atoms with E-state index in [2.05, 4.69) is 20.9 Å². The summed E-state index contributed by atoms with van der Waals surface area (Å²) < 4.78 is 37.0. The number of amides is 4. The molecule has 2 aliphatic rings. The van der Waals surface area contributed by atoms with Crippen LogP contribution in [-0.2, 0) is 35.1 Å². The number of rotatable bonds is 20. The molecule has 1 aromatic heterocycles. The number of alkyl halides is 1. The molecule has 0 spiro atoms. The van der Waals surface area contributed by atoms with Gasteiger partial charge in [0.05, 0.1) is 61.8 Å². The van der Waals surface area contributed by atoms with Gasteiger partial charge in [0.15, 0.2) is 5.67 Å². The standard InChI is InChI=1S/C35H50FN5O10S/c1-22-28(52-21-39-22)23-5-6-24(27(17-23)51-16-15-50-14-13-49-12-11-48-10-9-37-33(46)47)19-38-30(43)26-18-25(42)20-41(26)31(44)29(34(2,3)4)40-32(45)35(36)7-8-35/h5-6,17,21,25-26,29,37,42H,7-16,18-20H2,1-4H3,(H,38,43)(H,40,45)(H,46,47)/t25-,26+,29-/m1/s1. The first kappa shape index (κ1) is 40.9. The average molecular weight is 752 g/mol. The number of carbonyl (C=O) groups excluding carboxylic acids is 3. The SMILES string of the molecule is Cc1ncsc1-c1ccc(CNC(=O)[C@@H]2C[C@@H](O)CN2C(=O)[C@@H](NC(=O)C2(F)CC2)C(C)(C)C)c(OCCOCCOCCOCCNC(=O)O)c1. The van der Waals surface area contributed by atoms with Crippen LogP contribution in [0.2, 0.25) is 0 Å². The molecule has 17 heteroatoms. The molecule has 4 rings (SSSR count). The number of halogens is 1. The highest BCUT2D eigenvalue weighted by Crippen LogP contribution is 2.40. The van der Waals surface area contributed by atoms with Crippen molar-refractivity contribution in [3.63, 3.8) is 0 Å². The van der Waals surface area contributed by atoms with Crippen LogP contribution in [0.3, 0.4) is 0 Å². The molecule has 1 aromatic carbocycles. The minimum Gasteiger partial charge on any atom is -0.491 e. The third kappa shape index (κ3) is 11.8. The first-order valence-corrected chi connectivity index (χ1v) is 18.2. The number of aryl methyl sites for hydroxylation is 1. The normalized spacial score (nSPS) is 18.5. The second kappa shape index (κ2) is 18.7. The Labute approximate surface area is 306 Å². The maximum atomic E-state index is 14.5. The maximum absolute atomic E-state index is 14.5. The Morgan fingerprint density at radius 3 is 2.29 bits per heavy atom. The fourth-order valence-corrected chi connectivity index (χ4v) is 6.36. The highest BCUT2D eigenvalue weighted by Gasteiger charge is 2.53. The molecule has 0 radical (unpaired) electrons. The predicted octanol–water partition coefficient (Wildman–Crippen LogP) is 2.43. The minimum atomic E-state index is -1.97. The lowest BCUT2D eigenvalue weighted by atomic mass is 9.85. The summed E-state index contributed by atoms with van der Waals surface area (Å²) >= 11 is 1.50. The number of hydrogen-bond acceptors (Lipinski definition) is 11. The Morgan fingerprint density at radius 1 is 1.04 bits per heavy atom. The zero-order valence-electron chi connectivity index (χ0n) is 30.1. The molecular formula is C35H50FN5O10S. The first-order chi connectivity index (χ1) is 24.7. The van der Waals surface area contributed by atoms with Crippen LogP contribution in [0.25, 0.3) is 10.4 Å². The van der Waals surface area contributed by atoms with E-state index >= 15 is 0 Å². The summed E-state index contributed by atoms with van der Waals surface area (Å²) in [5, 5.41) is 26.7. The number of ether oxygens (including phenoxy) is 4. The molecule has 3 atom stereocenters. The van der Waals surface area contributed by atoms with Gasteiger partial charge >= 0.3 is 6.09 Å². The van der Waals surface area contributed by atoms with Gasteiger partial charge in [-0.2, -0.15) is 0 Å². The number of aliphatic hydroxyl groups is 1. The van der Waals surface area contributed by atoms with E-state index in [9.17, 15) is 28.7 Å². The van der Waals surface area contributed by atoms with Crippen LogP contribution in [-0.4, -0.2) is 127 Å². The fourth-order valence-electron chi connectivity index (χ4n) is 5.56. The Kier molecular flexibility index (Phi) is 14.7. The molecule has 4 amide bonds. The van der Waals surface area contributed by atoms with E-state index in [0.29, 0.717) is 37.7 Å². The zero-order valence-corrected chi connectivity index (χ0v) is 30.9. The number of aliphatic hydroxyl groups excluding tert-OH is 1. The van der Waals surface area contributed by atoms with Crippen molar-refractivity contribution in [2.75, 3.05) is 59.3 Å². The lowest BCUT2D eigenvalue weighted by molar-refractivity contribution is -0.145. The van der Waals surface area contributed by atoms with Crippen LogP contribution in [0.5, 0.6) is 5.75 Å². The van der Waals surface area contributed by atoms with Gasteiger partial charge in [0, 0.05) is 31.6 Å². The number of β-amino-alcohol motifs (C(OH)–C–C–N with tert-alkyl or cyclic N) is 1. The Balaban J connectivity index is 1.32. The zero-order chi connectivity index (χ0) is 37.9. The highest BCUT2D eigenvalue weighted by molar-refractivity contribution is 7.13. The number of aromatic nitrogens is 1. The molecule has 2 fully saturated rings. The largest absolute Gasteiger partial charge is 0.491 e. The van der Waals surface area contributed by atoms with E-state index in [4.69, 9.17) is 24.1 Å². The molecular weight excluding hydrogens is 701 g/mol. The molecule has 1 aliphatic heterocycles. The second-order valence-electron chi connectivity index (χ2n) is 13.9. The first-order valence-electron chi connectivity index (χ1n) is 17.3. The summed E-state index contributed by atoms with van der Waals surface area (Å²) in [5.74, 6) is -1.35. The summed E-state index contributed by atoms with van der Waals surface area (Å²) in [4.78, 5) is 56.9. The van der Waals surface area contributed by atoms with Gasteiger partial charge < -0.3 is 50.0 Å². The number of nitrogens with one attached hydrogen (secondary N) is 3. The topological polar surface area (TPSA) is 198 Å². The molecule has 5 N–H and O–H groups in total. The third-order valence-electron chi connectivity index (χ3n) is 8.63. The van der Waals surface area contributed by atoms with Crippen LogP contribution in [0.1, 0.15) is 51.3 Å². The van der Waals surface area contributed by atoms with Gasteiger partial charge in [-0.1, -0.05) is 32.9 Å². The number of nitrogens with zero attached hydrogens (tertiary/aromatic N) is 2. The van der Waals surface area contributed by atoms with Gasteiger partial charge in [-0.15, -0.1) is 11.3 Å². The van der Waals surface area contributed by atoms with E-state index in [0.717, 1.165) is 16.1 Å². The van der Waals surface area contributed by atoms with Crippen molar-refractivity contribution in [3.05, 3.63) is 35.0 Å². The third-order valence-corrected chi connectivity index (χ3v) is 9.61. The molecule has 52 heavy (non-hydrogen) atoms. The maximum Gasteiger partial charge on any atom is 0.404 e. The number of likely N-dealkylation sites (tertiary alicyclic amines) is 1. The van der Waals surface area contributed by atoms with Crippen molar-refractivity contribution in [2.24, 2.45) is 5.41 Å². The predicted molar refractivity (Wildman–Crippen MR) is 189 cm³/mol. The van der Waals surface area contributed by atoms with E-state index in [1.807, 2.05) is 25.1 Å². The van der Waals surface area contributed by atoms with E-state index in [-0.39, 0.29) is 58.7 Å². The van der Waals surface area contributed by atoms with Crippen molar-refractivity contribution in [2.45, 2.75) is 77.4 Å². The monoisotopic (exact) mass is 751 g/mol.